The zero-order valence-corrected chi connectivity index (χ0v) is 8.29. The van der Waals surface area contributed by atoms with Crippen LogP contribution in [0.25, 0.3) is 16.7 Å². The van der Waals surface area contributed by atoms with E-state index in [-0.39, 0.29) is 5.56 Å². The van der Waals surface area contributed by atoms with Crippen molar-refractivity contribution in [3.8, 4) is 0 Å². The molecule has 78 valence electrons. The predicted octanol–water partition coefficient (Wildman–Crippen LogP) is 2.19. The number of rotatable bonds is 1. The first-order valence-corrected chi connectivity index (χ1v) is 4.86. The number of pyridine rings is 1. The Morgan fingerprint density at radius 3 is 2.94 bits per heavy atom. The van der Waals surface area contributed by atoms with Gasteiger partial charge in [-0.05, 0) is 30.3 Å². The number of fused-ring (bicyclic) bond motifs is 3. The molecule has 2 heterocycles. The third-order valence-electron chi connectivity index (χ3n) is 2.56. The van der Waals surface area contributed by atoms with Gasteiger partial charge < -0.3 is 5.11 Å². The molecule has 4 heteroatoms. The lowest BCUT2D eigenvalue weighted by Gasteiger charge is -1.95. The summed E-state index contributed by atoms with van der Waals surface area (Å²) in [4.78, 5) is 15.2. The summed E-state index contributed by atoms with van der Waals surface area (Å²) < 4.78 is 1.93. The summed E-state index contributed by atoms with van der Waals surface area (Å²) in [6.45, 7) is 0. The molecule has 16 heavy (non-hydrogen) atoms. The molecule has 0 unspecified atom stereocenters. The number of aromatic carboxylic acids is 1. The van der Waals surface area contributed by atoms with E-state index in [9.17, 15) is 4.79 Å². The van der Waals surface area contributed by atoms with E-state index in [1.165, 1.54) is 0 Å². The first kappa shape index (κ1) is 8.91. The molecule has 2 aromatic heterocycles. The van der Waals surface area contributed by atoms with Crippen molar-refractivity contribution in [2.75, 3.05) is 0 Å². The molecule has 0 aliphatic heterocycles. The van der Waals surface area contributed by atoms with E-state index in [2.05, 4.69) is 4.98 Å². The summed E-state index contributed by atoms with van der Waals surface area (Å²) >= 11 is 0. The fraction of sp³-hybridized carbons (Fsp3) is 0. The van der Waals surface area contributed by atoms with Crippen LogP contribution in [-0.2, 0) is 0 Å². The van der Waals surface area contributed by atoms with E-state index >= 15 is 0 Å². The van der Waals surface area contributed by atoms with Gasteiger partial charge in [0, 0.05) is 6.20 Å². The van der Waals surface area contributed by atoms with Gasteiger partial charge in [0.25, 0.3) is 0 Å². The lowest BCUT2D eigenvalue weighted by Crippen LogP contribution is -1.95. The standard InChI is InChI=1S/C12H8N2O2/c15-12(16)8-4-5-10-9(7-8)13-11-3-1-2-6-14(10)11/h1-7H,(H,15,16). The van der Waals surface area contributed by atoms with Crippen molar-refractivity contribution in [2.45, 2.75) is 0 Å². The Kier molecular flexibility index (Phi) is 1.71. The van der Waals surface area contributed by atoms with Gasteiger partial charge in [-0.25, -0.2) is 9.78 Å². The van der Waals surface area contributed by atoms with Crippen LogP contribution >= 0.6 is 0 Å². The normalized spacial score (nSPS) is 11.0. The Balaban J connectivity index is 2.41. The van der Waals surface area contributed by atoms with Crippen LogP contribution in [0.4, 0.5) is 0 Å². The highest BCUT2D eigenvalue weighted by Gasteiger charge is 2.07. The van der Waals surface area contributed by atoms with Crippen molar-refractivity contribution >= 4 is 22.6 Å². The van der Waals surface area contributed by atoms with E-state index < -0.39 is 5.97 Å². The number of carbonyl (C=O) groups is 1. The number of aromatic nitrogens is 2. The van der Waals surface area contributed by atoms with Crippen molar-refractivity contribution in [2.24, 2.45) is 0 Å². The number of hydrogen-bond donors (Lipinski definition) is 1. The SMILES string of the molecule is O=C(O)c1ccc2c(c1)nc1ccccn12. The molecule has 0 saturated heterocycles. The molecule has 1 N–H and O–H groups in total. The summed E-state index contributed by atoms with van der Waals surface area (Å²) in [6.07, 6.45) is 1.91. The minimum absolute atomic E-state index is 0.260. The Labute approximate surface area is 90.8 Å². The number of imidazole rings is 1. The molecular weight excluding hydrogens is 204 g/mol. The molecule has 0 spiro atoms. The summed E-state index contributed by atoms with van der Waals surface area (Å²) in [5, 5.41) is 8.88. The molecule has 0 atom stereocenters. The smallest absolute Gasteiger partial charge is 0.335 e. The van der Waals surface area contributed by atoms with Gasteiger partial charge in [-0.15, -0.1) is 0 Å². The monoisotopic (exact) mass is 212 g/mol. The van der Waals surface area contributed by atoms with Crippen LogP contribution in [0.1, 0.15) is 10.4 Å². The van der Waals surface area contributed by atoms with E-state index in [1.54, 1.807) is 18.2 Å². The predicted molar refractivity (Wildman–Crippen MR) is 59.7 cm³/mol. The first-order chi connectivity index (χ1) is 7.75. The summed E-state index contributed by atoms with van der Waals surface area (Å²) in [5.41, 5.74) is 2.70. The number of benzene rings is 1. The largest absolute Gasteiger partial charge is 0.478 e. The molecule has 4 nitrogen and oxygen atoms in total. The van der Waals surface area contributed by atoms with Crippen molar-refractivity contribution < 1.29 is 9.90 Å². The van der Waals surface area contributed by atoms with Gasteiger partial charge in [0.15, 0.2) is 0 Å². The third kappa shape index (κ3) is 1.16. The summed E-state index contributed by atoms with van der Waals surface area (Å²) in [5.74, 6) is -0.932. The van der Waals surface area contributed by atoms with Crippen LogP contribution in [0.3, 0.4) is 0 Å². The first-order valence-electron chi connectivity index (χ1n) is 4.86. The van der Waals surface area contributed by atoms with Gasteiger partial charge in [0.05, 0.1) is 16.6 Å². The lowest BCUT2D eigenvalue weighted by molar-refractivity contribution is 0.0697. The van der Waals surface area contributed by atoms with Crippen LogP contribution in [0.2, 0.25) is 0 Å². The number of carboxylic acid groups (broad SMARTS) is 1. The fourth-order valence-corrected chi connectivity index (χ4v) is 1.80. The van der Waals surface area contributed by atoms with Gasteiger partial charge in [-0.1, -0.05) is 6.07 Å². The van der Waals surface area contributed by atoms with E-state index in [4.69, 9.17) is 5.11 Å². The molecule has 1 aromatic carbocycles. The molecule has 0 aliphatic carbocycles. The highest BCUT2D eigenvalue weighted by Crippen LogP contribution is 2.17. The van der Waals surface area contributed by atoms with Crippen LogP contribution in [0.15, 0.2) is 42.6 Å². The van der Waals surface area contributed by atoms with Gasteiger partial charge >= 0.3 is 5.97 Å². The van der Waals surface area contributed by atoms with E-state index in [0.717, 1.165) is 11.2 Å². The molecule has 0 fully saturated rings. The van der Waals surface area contributed by atoms with Gasteiger partial charge in [-0.3, -0.25) is 4.40 Å². The molecular formula is C12H8N2O2. The number of nitrogens with zero attached hydrogens (tertiary/aromatic N) is 2. The topological polar surface area (TPSA) is 54.6 Å². The molecule has 0 radical (unpaired) electrons. The highest BCUT2D eigenvalue weighted by atomic mass is 16.4. The zero-order valence-electron chi connectivity index (χ0n) is 8.29. The van der Waals surface area contributed by atoms with Crippen LogP contribution < -0.4 is 0 Å². The third-order valence-corrected chi connectivity index (χ3v) is 2.56. The van der Waals surface area contributed by atoms with Crippen molar-refractivity contribution in [3.05, 3.63) is 48.2 Å². The van der Waals surface area contributed by atoms with Crippen molar-refractivity contribution in [3.63, 3.8) is 0 Å². The number of hydrogen-bond acceptors (Lipinski definition) is 2. The van der Waals surface area contributed by atoms with Crippen LogP contribution in [-0.4, -0.2) is 20.5 Å². The molecule has 0 amide bonds. The van der Waals surface area contributed by atoms with Crippen LogP contribution in [0.5, 0.6) is 0 Å². The maximum Gasteiger partial charge on any atom is 0.335 e. The zero-order chi connectivity index (χ0) is 11.1. The maximum atomic E-state index is 10.8. The van der Waals surface area contributed by atoms with Crippen molar-refractivity contribution in [1.29, 1.82) is 0 Å². The Hall–Kier alpha value is -2.36. The fourth-order valence-electron chi connectivity index (χ4n) is 1.80. The second kappa shape index (κ2) is 3.06. The minimum atomic E-state index is -0.932. The Morgan fingerprint density at radius 2 is 2.12 bits per heavy atom. The molecule has 3 rings (SSSR count). The Bertz CT molecular complexity index is 700. The molecule has 3 aromatic rings. The number of carboxylic acids is 1. The van der Waals surface area contributed by atoms with Crippen LogP contribution in [0, 0.1) is 0 Å². The second-order valence-corrected chi connectivity index (χ2v) is 3.55. The molecule has 0 bridgehead atoms. The quantitative estimate of drug-likeness (QED) is 0.672. The average molecular weight is 212 g/mol. The van der Waals surface area contributed by atoms with E-state index in [1.807, 2.05) is 28.8 Å². The van der Waals surface area contributed by atoms with Gasteiger partial charge in [0.1, 0.15) is 5.65 Å². The average Bonchev–Trinajstić information content (AvgIpc) is 2.66. The minimum Gasteiger partial charge on any atom is -0.478 e. The molecule has 0 saturated carbocycles. The Morgan fingerprint density at radius 1 is 1.25 bits per heavy atom. The van der Waals surface area contributed by atoms with Gasteiger partial charge in [0.2, 0.25) is 0 Å². The molecule has 0 aliphatic rings. The van der Waals surface area contributed by atoms with Crippen molar-refractivity contribution in [1.82, 2.24) is 9.38 Å². The van der Waals surface area contributed by atoms with E-state index in [0.29, 0.717) is 5.52 Å². The highest BCUT2D eigenvalue weighted by molar-refractivity contribution is 5.93. The summed E-state index contributed by atoms with van der Waals surface area (Å²) in [6, 6.07) is 10.7. The van der Waals surface area contributed by atoms with Gasteiger partial charge in [-0.2, -0.15) is 0 Å². The lowest BCUT2D eigenvalue weighted by atomic mass is 10.2. The second-order valence-electron chi connectivity index (χ2n) is 3.55. The maximum absolute atomic E-state index is 10.8. The summed E-state index contributed by atoms with van der Waals surface area (Å²) in [7, 11) is 0.